The first-order chi connectivity index (χ1) is 8.02. The molecule has 1 saturated carbocycles. The van der Waals surface area contributed by atoms with Crippen molar-refractivity contribution in [3.05, 3.63) is 0 Å². The maximum atomic E-state index is 11.4. The number of hydrogen-bond acceptors (Lipinski definition) is 4. The van der Waals surface area contributed by atoms with Crippen molar-refractivity contribution in [2.24, 2.45) is 5.41 Å². The molecule has 2 N–H and O–H groups in total. The monoisotopic (exact) mass is 279 g/mol. The maximum Gasteiger partial charge on any atom is 0.407 e. The van der Waals surface area contributed by atoms with Crippen LogP contribution >= 0.6 is 0 Å². The molecule has 1 rings (SSSR count). The lowest BCUT2D eigenvalue weighted by atomic mass is 10.0. The molecule has 1 fully saturated rings. The fourth-order valence-electron chi connectivity index (χ4n) is 1.61. The molecule has 0 aromatic carbocycles. The van der Waals surface area contributed by atoms with E-state index in [0.29, 0.717) is 13.0 Å². The summed E-state index contributed by atoms with van der Waals surface area (Å²) in [6.45, 7) is 5.71. The van der Waals surface area contributed by atoms with E-state index in [1.807, 2.05) is 0 Å². The Hall–Kier alpha value is -0.820. The van der Waals surface area contributed by atoms with Crippen molar-refractivity contribution in [1.29, 1.82) is 0 Å². The highest BCUT2D eigenvalue weighted by Crippen LogP contribution is 2.48. The molecule has 0 aromatic heterocycles. The number of hydrogen-bond donors (Lipinski definition) is 2. The van der Waals surface area contributed by atoms with Crippen LogP contribution in [0.25, 0.3) is 0 Å². The second kappa shape index (κ2) is 5.05. The summed E-state index contributed by atoms with van der Waals surface area (Å²) >= 11 is 0. The van der Waals surface area contributed by atoms with Crippen molar-refractivity contribution in [1.82, 2.24) is 5.32 Å². The third-order valence-electron chi connectivity index (χ3n) is 2.85. The summed E-state index contributed by atoms with van der Waals surface area (Å²) in [4.78, 5) is 11.4. The van der Waals surface area contributed by atoms with Crippen LogP contribution in [0.3, 0.4) is 0 Å². The number of amides is 1. The molecule has 0 atom stereocenters. The zero-order valence-corrected chi connectivity index (χ0v) is 11.8. The molecule has 0 unspecified atom stereocenters. The number of nitrogens with one attached hydrogen (secondary N) is 1. The molecule has 1 amide bonds. The fraction of sp³-hybridized carbons (Fsp3) is 0.909. The van der Waals surface area contributed by atoms with Crippen molar-refractivity contribution >= 4 is 16.2 Å². The van der Waals surface area contributed by atoms with Crippen LogP contribution in [0, 0.1) is 5.41 Å². The second-order valence-electron chi connectivity index (χ2n) is 5.89. The molecule has 18 heavy (non-hydrogen) atoms. The molecule has 0 heterocycles. The molecule has 0 radical (unpaired) electrons. The van der Waals surface area contributed by atoms with Gasteiger partial charge in [0.15, 0.2) is 0 Å². The summed E-state index contributed by atoms with van der Waals surface area (Å²) in [5.74, 6) is -0.261. The van der Waals surface area contributed by atoms with Crippen molar-refractivity contribution < 1.29 is 22.5 Å². The van der Waals surface area contributed by atoms with Crippen molar-refractivity contribution in [2.45, 2.75) is 45.6 Å². The van der Waals surface area contributed by atoms with E-state index in [-0.39, 0.29) is 11.2 Å². The third kappa shape index (κ3) is 6.20. The second-order valence-corrected chi connectivity index (χ2v) is 7.46. The molecule has 0 aromatic rings. The molecule has 0 aliphatic heterocycles. The van der Waals surface area contributed by atoms with E-state index in [2.05, 4.69) is 5.32 Å². The van der Waals surface area contributed by atoms with Crippen LogP contribution in [0.15, 0.2) is 0 Å². The van der Waals surface area contributed by atoms with Gasteiger partial charge in [-0.3, -0.25) is 4.55 Å². The Kier molecular flexibility index (Phi) is 4.27. The molecular weight excluding hydrogens is 258 g/mol. The highest BCUT2D eigenvalue weighted by molar-refractivity contribution is 7.85. The number of alkyl carbamates (subject to hydrolysis) is 1. The van der Waals surface area contributed by atoms with Gasteiger partial charge in [-0.25, -0.2) is 4.79 Å². The van der Waals surface area contributed by atoms with Crippen LogP contribution in [-0.4, -0.2) is 37.0 Å². The van der Waals surface area contributed by atoms with Gasteiger partial charge in [-0.05, 0) is 45.4 Å². The molecule has 0 spiro atoms. The van der Waals surface area contributed by atoms with E-state index in [0.717, 1.165) is 12.8 Å². The number of rotatable bonds is 5. The zero-order chi connectivity index (χ0) is 14.0. The molecule has 0 bridgehead atoms. The lowest BCUT2D eigenvalue weighted by Gasteiger charge is -2.21. The Morgan fingerprint density at radius 1 is 1.39 bits per heavy atom. The van der Waals surface area contributed by atoms with Gasteiger partial charge in [0.1, 0.15) is 5.60 Å². The average Bonchev–Trinajstić information content (AvgIpc) is 2.89. The molecule has 1 aliphatic rings. The molecule has 0 saturated heterocycles. The summed E-state index contributed by atoms with van der Waals surface area (Å²) in [6.07, 6.45) is 1.58. The Morgan fingerprint density at radius 3 is 2.33 bits per heavy atom. The predicted octanol–water partition coefficient (Wildman–Crippen LogP) is 1.57. The summed E-state index contributed by atoms with van der Waals surface area (Å²) in [5, 5.41) is 2.64. The highest BCUT2D eigenvalue weighted by Gasteiger charge is 2.43. The summed E-state index contributed by atoms with van der Waals surface area (Å²) < 4.78 is 35.1. The van der Waals surface area contributed by atoms with E-state index in [1.165, 1.54) is 0 Å². The van der Waals surface area contributed by atoms with Crippen molar-refractivity contribution in [3.63, 3.8) is 0 Å². The van der Waals surface area contributed by atoms with E-state index < -0.39 is 21.8 Å². The summed E-state index contributed by atoms with van der Waals surface area (Å²) in [5.41, 5.74) is -0.734. The Bertz CT molecular complexity index is 406. The van der Waals surface area contributed by atoms with Gasteiger partial charge in [0.25, 0.3) is 10.1 Å². The third-order valence-corrected chi connectivity index (χ3v) is 3.57. The van der Waals surface area contributed by atoms with Gasteiger partial charge in [-0.15, -0.1) is 0 Å². The molecule has 6 nitrogen and oxygen atoms in total. The first kappa shape index (κ1) is 15.2. The van der Waals surface area contributed by atoms with Crippen LogP contribution in [0.1, 0.15) is 40.0 Å². The van der Waals surface area contributed by atoms with Gasteiger partial charge in [0.2, 0.25) is 0 Å². The van der Waals surface area contributed by atoms with Gasteiger partial charge in [0.05, 0.1) is 5.75 Å². The van der Waals surface area contributed by atoms with Crippen LogP contribution < -0.4 is 5.32 Å². The zero-order valence-electron chi connectivity index (χ0n) is 11.0. The lowest BCUT2D eigenvalue weighted by molar-refractivity contribution is 0.0516. The normalized spacial score (nSPS) is 18.2. The first-order valence-electron chi connectivity index (χ1n) is 5.93. The first-order valence-corrected chi connectivity index (χ1v) is 7.54. The van der Waals surface area contributed by atoms with E-state index in [4.69, 9.17) is 9.29 Å². The van der Waals surface area contributed by atoms with Gasteiger partial charge < -0.3 is 10.1 Å². The molecule has 7 heteroatoms. The van der Waals surface area contributed by atoms with Crippen LogP contribution in [0.2, 0.25) is 0 Å². The number of carbonyl (C=O) groups excluding carboxylic acids is 1. The Labute approximate surface area is 108 Å². The minimum atomic E-state index is -3.93. The highest BCUT2D eigenvalue weighted by atomic mass is 32.2. The smallest absolute Gasteiger partial charge is 0.407 e. The van der Waals surface area contributed by atoms with Crippen molar-refractivity contribution in [3.8, 4) is 0 Å². The van der Waals surface area contributed by atoms with Crippen LogP contribution in [0.5, 0.6) is 0 Å². The molecular formula is C11H21NO5S. The van der Waals surface area contributed by atoms with Gasteiger partial charge in [0, 0.05) is 6.54 Å². The largest absolute Gasteiger partial charge is 0.444 e. The van der Waals surface area contributed by atoms with Crippen LogP contribution in [0.4, 0.5) is 4.79 Å². The van der Waals surface area contributed by atoms with E-state index in [1.54, 1.807) is 20.8 Å². The van der Waals surface area contributed by atoms with Crippen molar-refractivity contribution in [2.75, 3.05) is 12.3 Å². The Balaban J connectivity index is 2.33. The average molecular weight is 279 g/mol. The maximum absolute atomic E-state index is 11.4. The van der Waals surface area contributed by atoms with Gasteiger partial charge >= 0.3 is 6.09 Å². The van der Waals surface area contributed by atoms with E-state index >= 15 is 0 Å². The minimum absolute atomic E-state index is 0.188. The Morgan fingerprint density at radius 2 is 1.94 bits per heavy atom. The minimum Gasteiger partial charge on any atom is -0.444 e. The standard InChI is InChI=1S/C11H21NO5S/c1-10(2,3)17-9(13)12-8-11(4-5-11)6-7-18(14,15)16/h4-8H2,1-3H3,(H,12,13)(H,14,15,16). The summed E-state index contributed by atoms with van der Waals surface area (Å²) in [7, 11) is -3.93. The van der Waals surface area contributed by atoms with Gasteiger partial charge in [-0.1, -0.05) is 0 Å². The van der Waals surface area contributed by atoms with E-state index in [9.17, 15) is 13.2 Å². The SMILES string of the molecule is CC(C)(C)OC(=O)NCC1(CCS(=O)(=O)O)CC1. The van der Waals surface area contributed by atoms with Crippen LogP contribution in [-0.2, 0) is 14.9 Å². The quantitative estimate of drug-likeness (QED) is 0.745. The topological polar surface area (TPSA) is 92.7 Å². The summed E-state index contributed by atoms with van der Waals surface area (Å²) in [6, 6.07) is 0. The number of carbonyl (C=O) groups is 1. The molecule has 106 valence electrons. The number of ether oxygens (including phenoxy) is 1. The predicted molar refractivity (Wildman–Crippen MR) is 66.9 cm³/mol. The fourth-order valence-corrected chi connectivity index (χ4v) is 2.30. The molecule has 1 aliphatic carbocycles. The van der Waals surface area contributed by atoms with Gasteiger partial charge in [-0.2, -0.15) is 8.42 Å². The lowest BCUT2D eigenvalue weighted by Crippen LogP contribution is -2.36.